The highest BCUT2D eigenvalue weighted by Gasteiger charge is 2.39. The molecular weight excluding hydrogens is 336 g/mol. The molecule has 2 unspecified atom stereocenters. The first-order valence-electron chi connectivity index (χ1n) is 7.43. The van der Waals surface area contributed by atoms with Crippen molar-refractivity contribution in [1.29, 1.82) is 0 Å². The third kappa shape index (κ3) is 3.52. The smallest absolute Gasteiger partial charge is 0.162 e. The van der Waals surface area contributed by atoms with Crippen LogP contribution in [-0.2, 0) is 4.74 Å². The third-order valence-electron chi connectivity index (χ3n) is 3.79. The molecule has 0 radical (unpaired) electrons. The molecule has 1 aromatic rings. The lowest BCUT2D eigenvalue weighted by molar-refractivity contribution is -0.0799. The van der Waals surface area contributed by atoms with Gasteiger partial charge in [0.25, 0.3) is 0 Å². The first kappa shape index (κ1) is 16.6. The maximum absolute atomic E-state index is 10.7. The standard InChI is InChI=1S/C16H23BrO4/c1-4-19-13-9-11(12(17)10-14(13)20-5-2)15(18)16(3)7-6-8-21-16/h9-10,15,18H,4-8H2,1-3H3. The minimum Gasteiger partial charge on any atom is -0.490 e. The quantitative estimate of drug-likeness (QED) is 0.838. The van der Waals surface area contributed by atoms with E-state index in [0.717, 1.165) is 22.9 Å². The van der Waals surface area contributed by atoms with Crippen LogP contribution < -0.4 is 9.47 Å². The molecule has 2 atom stereocenters. The Hall–Kier alpha value is -0.780. The lowest BCUT2D eigenvalue weighted by Crippen LogP contribution is -2.32. The number of rotatable bonds is 6. The van der Waals surface area contributed by atoms with E-state index in [1.165, 1.54) is 0 Å². The van der Waals surface area contributed by atoms with Crippen molar-refractivity contribution in [1.82, 2.24) is 0 Å². The minimum atomic E-state index is -0.704. The summed E-state index contributed by atoms with van der Waals surface area (Å²) in [5.41, 5.74) is 0.227. The van der Waals surface area contributed by atoms with Crippen LogP contribution in [0.1, 0.15) is 45.3 Å². The van der Waals surface area contributed by atoms with Crippen LogP contribution in [0.15, 0.2) is 16.6 Å². The molecule has 1 aromatic carbocycles. The number of aliphatic hydroxyl groups excluding tert-OH is 1. The molecule has 1 N–H and O–H groups in total. The Labute approximate surface area is 134 Å². The number of ether oxygens (including phenoxy) is 3. The van der Waals surface area contributed by atoms with Crippen molar-refractivity contribution < 1.29 is 19.3 Å². The van der Waals surface area contributed by atoms with E-state index >= 15 is 0 Å². The van der Waals surface area contributed by atoms with E-state index in [9.17, 15) is 5.11 Å². The molecule has 0 saturated carbocycles. The van der Waals surface area contributed by atoms with Gasteiger partial charge in [0.15, 0.2) is 11.5 Å². The highest BCUT2D eigenvalue weighted by molar-refractivity contribution is 9.10. The second kappa shape index (κ2) is 6.99. The van der Waals surface area contributed by atoms with Crippen LogP contribution in [0.4, 0.5) is 0 Å². The van der Waals surface area contributed by atoms with E-state index < -0.39 is 11.7 Å². The van der Waals surface area contributed by atoms with Gasteiger partial charge in [-0.2, -0.15) is 0 Å². The number of benzene rings is 1. The van der Waals surface area contributed by atoms with E-state index in [-0.39, 0.29) is 0 Å². The second-order valence-corrected chi connectivity index (χ2v) is 6.21. The summed E-state index contributed by atoms with van der Waals surface area (Å²) in [4.78, 5) is 0. The third-order valence-corrected chi connectivity index (χ3v) is 4.47. The van der Waals surface area contributed by atoms with E-state index in [2.05, 4.69) is 15.9 Å². The van der Waals surface area contributed by atoms with Gasteiger partial charge in [-0.1, -0.05) is 15.9 Å². The summed E-state index contributed by atoms with van der Waals surface area (Å²) < 4.78 is 17.8. The van der Waals surface area contributed by atoms with E-state index in [4.69, 9.17) is 14.2 Å². The molecule has 0 aliphatic carbocycles. The van der Waals surface area contributed by atoms with Crippen LogP contribution >= 0.6 is 15.9 Å². The van der Waals surface area contributed by atoms with Gasteiger partial charge in [-0.3, -0.25) is 0 Å². The molecule has 118 valence electrons. The summed E-state index contributed by atoms with van der Waals surface area (Å²) in [7, 11) is 0. The van der Waals surface area contributed by atoms with Gasteiger partial charge in [0.1, 0.15) is 6.10 Å². The Balaban J connectivity index is 2.36. The summed E-state index contributed by atoms with van der Waals surface area (Å²) in [6.45, 7) is 7.61. The zero-order valence-electron chi connectivity index (χ0n) is 12.8. The lowest BCUT2D eigenvalue weighted by atomic mass is 9.90. The largest absolute Gasteiger partial charge is 0.490 e. The van der Waals surface area contributed by atoms with Gasteiger partial charge in [0, 0.05) is 16.6 Å². The summed E-state index contributed by atoms with van der Waals surface area (Å²) in [5, 5.41) is 10.7. The fourth-order valence-electron chi connectivity index (χ4n) is 2.64. The van der Waals surface area contributed by atoms with Crippen molar-refractivity contribution in [3.8, 4) is 11.5 Å². The minimum absolute atomic E-state index is 0.543. The van der Waals surface area contributed by atoms with Crippen molar-refractivity contribution in [2.24, 2.45) is 0 Å². The first-order chi connectivity index (χ1) is 10.0. The van der Waals surface area contributed by atoms with Crippen molar-refractivity contribution >= 4 is 15.9 Å². The van der Waals surface area contributed by atoms with Gasteiger partial charge in [0.05, 0.1) is 18.8 Å². The van der Waals surface area contributed by atoms with Crippen LogP contribution in [0.25, 0.3) is 0 Å². The fourth-order valence-corrected chi connectivity index (χ4v) is 3.18. The Bertz CT molecular complexity index is 483. The summed E-state index contributed by atoms with van der Waals surface area (Å²) in [5.74, 6) is 1.33. The van der Waals surface area contributed by atoms with Crippen molar-refractivity contribution in [3.05, 3.63) is 22.2 Å². The molecule has 0 spiro atoms. The lowest BCUT2D eigenvalue weighted by Gasteiger charge is -2.30. The molecule has 4 nitrogen and oxygen atoms in total. The molecule has 0 aromatic heterocycles. The average molecular weight is 359 g/mol. The summed E-state index contributed by atoms with van der Waals surface area (Å²) in [6.07, 6.45) is 1.11. The predicted molar refractivity (Wildman–Crippen MR) is 85.0 cm³/mol. The van der Waals surface area contributed by atoms with Crippen molar-refractivity contribution in [3.63, 3.8) is 0 Å². The van der Waals surface area contributed by atoms with Gasteiger partial charge in [-0.15, -0.1) is 0 Å². The fraction of sp³-hybridized carbons (Fsp3) is 0.625. The SMILES string of the molecule is CCOc1cc(Br)c(C(O)C2(C)CCCO2)cc1OCC. The normalized spacial score (nSPS) is 23.1. The maximum Gasteiger partial charge on any atom is 0.162 e. The average Bonchev–Trinajstić information content (AvgIpc) is 2.89. The summed E-state index contributed by atoms with van der Waals surface area (Å²) >= 11 is 3.52. The topological polar surface area (TPSA) is 47.9 Å². The van der Waals surface area contributed by atoms with E-state index in [1.807, 2.05) is 32.9 Å². The molecule has 1 heterocycles. The zero-order chi connectivity index (χ0) is 15.5. The molecule has 21 heavy (non-hydrogen) atoms. The molecule has 0 bridgehead atoms. The van der Waals surface area contributed by atoms with Gasteiger partial charge >= 0.3 is 0 Å². The number of aliphatic hydroxyl groups is 1. The van der Waals surface area contributed by atoms with Gasteiger partial charge in [-0.25, -0.2) is 0 Å². The van der Waals surface area contributed by atoms with E-state index in [0.29, 0.717) is 31.3 Å². The van der Waals surface area contributed by atoms with Crippen LogP contribution in [0.3, 0.4) is 0 Å². The van der Waals surface area contributed by atoms with Gasteiger partial charge < -0.3 is 19.3 Å². The van der Waals surface area contributed by atoms with Crippen LogP contribution in [0.2, 0.25) is 0 Å². The molecule has 1 saturated heterocycles. The molecule has 1 aliphatic heterocycles. The highest BCUT2D eigenvalue weighted by Crippen LogP contribution is 2.43. The Morgan fingerprint density at radius 1 is 1.29 bits per heavy atom. The maximum atomic E-state index is 10.7. The molecule has 1 fully saturated rings. The first-order valence-corrected chi connectivity index (χ1v) is 8.22. The van der Waals surface area contributed by atoms with E-state index in [1.54, 1.807) is 0 Å². The molecule has 0 amide bonds. The zero-order valence-corrected chi connectivity index (χ0v) is 14.4. The number of hydrogen-bond acceptors (Lipinski definition) is 4. The Morgan fingerprint density at radius 2 is 1.90 bits per heavy atom. The number of hydrogen-bond donors (Lipinski definition) is 1. The Morgan fingerprint density at radius 3 is 2.43 bits per heavy atom. The van der Waals surface area contributed by atoms with Crippen LogP contribution in [0, 0.1) is 0 Å². The van der Waals surface area contributed by atoms with Crippen molar-refractivity contribution in [2.45, 2.75) is 45.3 Å². The molecule has 5 heteroatoms. The monoisotopic (exact) mass is 358 g/mol. The van der Waals surface area contributed by atoms with Gasteiger partial charge in [0.2, 0.25) is 0 Å². The molecular formula is C16H23BrO4. The number of halogens is 1. The summed E-state index contributed by atoms with van der Waals surface area (Å²) in [6, 6.07) is 3.70. The molecule has 2 rings (SSSR count). The van der Waals surface area contributed by atoms with Gasteiger partial charge in [-0.05, 0) is 45.7 Å². The van der Waals surface area contributed by atoms with Crippen molar-refractivity contribution in [2.75, 3.05) is 19.8 Å². The van der Waals surface area contributed by atoms with Crippen LogP contribution in [-0.4, -0.2) is 30.5 Å². The Kier molecular flexibility index (Phi) is 5.52. The van der Waals surface area contributed by atoms with Crippen LogP contribution in [0.5, 0.6) is 11.5 Å². The predicted octanol–water partition coefficient (Wildman–Crippen LogP) is 3.85. The molecule has 1 aliphatic rings. The highest BCUT2D eigenvalue weighted by atomic mass is 79.9. The second-order valence-electron chi connectivity index (χ2n) is 5.35.